The first kappa shape index (κ1) is 22.4. The molecule has 8 nitrogen and oxygen atoms in total. The van der Waals surface area contributed by atoms with E-state index in [0.717, 1.165) is 9.80 Å². The van der Waals surface area contributed by atoms with Gasteiger partial charge in [0.05, 0.1) is 11.8 Å². The number of para-hydroxylation sites is 3. The van der Waals surface area contributed by atoms with E-state index >= 15 is 0 Å². The minimum Gasteiger partial charge on any atom is -0.410 e. The zero-order valence-electron chi connectivity index (χ0n) is 18.5. The van der Waals surface area contributed by atoms with Crippen molar-refractivity contribution >= 4 is 17.9 Å². The fourth-order valence-electron chi connectivity index (χ4n) is 4.09. The second kappa shape index (κ2) is 8.61. The lowest BCUT2D eigenvalue weighted by molar-refractivity contribution is 0.0519. The van der Waals surface area contributed by atoms with Gasteiger partial charge in [-0.05, 0) is 44.2 Å². The van der Waals surface area contributed by atoms with Crippen LogP contribution in [0.4, 0.5) is 15.3 Å². The minimum atomic E-state index is -1.96. The highest BCUT2D eigenvalue weighted by atomic mass is 16.6. The van der Waals surface area contributed by atoms with Gasteiger partial charge in [0, 0.05) is 5.56 Å². The summed E-state index contributed by atoms with van der Waals surface area (Å²) in [4.78, 5) is 28.9. The van der Waals surface area contributed by atoms with Gasteiger partial charge in [-0.2, -0.15) is 10.5 Å². The maximum Gasteiger partial charge on any atom is 0.422 e. The largest absolute Gasteiger partial charge is 0.422 e. The molecule has 0 spiro atoms. The first-order valence-electron chi connectivity index (χ1n) is 10.4. The van der Waals surface area contributed by atoms with Crippen LogP contribution in [0.15, 0.2) is 84.9 Å². The Morgan fingerprint density at radius 3 is 1.76 bits per heavy atom. The summed E-state index contributed by atoms with van der Waals surface area (Å²) >= 11 is 0. The second-order valence-corrected chi connectivity index (χ2v) is 7.87. The van der Waals surface area contributed by atoms with Crippen molar-refractivity contribution in [1.29, 1.82) is 10.5 Å². The number of rotatable bonds is 2. The molecule has 2 atom stereocenters. The Labute approximate surface area is 196 Å². The third-order valence-corrected chi connectivity index (χ3v) is 5.68. The molecule has 0 N–H and O–H groups in total. The van der Waals surface area contributed by atoms with Gasteiger partial charge < -0.3 is 9.47 Å². The number of anilines is 1. The van der Waals surface area contributed by atoms with Crippen LogP contribution in [0.2, 0.25) is 0 Å². The number of amides is 2. The molecule has 0 aromatic heterocycles. The fraction of sp³-hybridized carbons (Fsp3) is 0.154. The molecule has 4 rings (SSSR count). The van der Waals surface area contributed by atoms with Crippen LogP contribution in [0.5, 0.6) is 11.5 Å². The van der Waals surface area contributed by atoms with Gasteiger partial charge >= 0.3 is 12.2 Å². The van der Waals surface area contributed by atoms with Gasteiger partial charge in [-0.25, -0.2) is 19.4 Å². The van der Waals surface area contributed by atoms with Crippen LogP contribution in [0.1, 0.15) is 19.4 Å². The van der Waals surface area contributed by atoms with E-state index in [9.17, 15) is 20.1 Å². The van der Waals surface area contributed by atoms with Gasteiger partial charge in [0.15, 0.2) is 5.54 Å². The topological polar surface area (TPSA) is 107 Å². The molecule has 2 amide bonds. The molecule has 1 aliphatic heterocycles. The van der Waals surface area contributed by atoms with Crippen LogP contribution < -0.4 is 14.4 Å². The Bertz CT molecular complexity index is 1320. The lowest BCUT2D eigenvalue weighted by Crippen LogP contribution is -2.71. The summed E-state index contributed by atoms with van der Waals surface area (Å²) in [5, 5.41) is 20.5. The standard InChI is InChI=1S/C26H20N4O4/c1-25(17-27)21-15-9-10-16-22(21)29(23(31)33-19-11-5-3-6-12-19)26(2,18-28)30(25)24(32)34-20-13-7-4-8-14-20/h3-16H,1-2H3. The molecule has 0 aliphatic carbocycles. The molecule has 3 aromatic rings. The van der Waals surface area contributed by atoms with Crippen molar-refractivity contribution in [3.8, 4) is 23.6 Å². The molecule has 1 aliphatic rings. The maximum absolute atomic E-state index is 13.5. The summed E-state index contributed by atoms with van der Waals surface area (Å²) in [6.07, 6.45) is -1.86. The van der Waals surface area contributed by atoms with Crippen molar-refractivity contribution in [1.82, 2.24) is 4.90 Å². The van der Waals surface area contributed by atoms with Crippen LogP contribution in [-0.4, -0.2) is 22.7 Å². The molecule has 0 radical (unpaired) electrons. The van der Waals surface area contributed by atoms with E-state index in [1.54, 1.807) is 84.9 Å². The average molecular weight is 452 g/mol. The predicted octanol–water partition coefficient (Wildman–Crippen LogP) is 5.19. The van der Waals surface area contributed by atoms with E-state index in [2.05, 4.69) is 6.07 Å². The molecule has 0 saturated carbocycles. The van der Waals surface area contributed by atoms with Crippen LogP contribution in [-0.2, 0) is 5.54 Å². The van der Waals surface area contributed by atoms with Gasteiger partial charge in [-0.15, -0.1) is 0 Å². The van der Waals surface area contributed by atoms with E-state index < -0.39 is 23.4 Å². The van der Waals surface area contributed by atoms with Crippen LogP contribution in [0.25, 0.3) is 0 Å². The predicted molar refractivity (Wildman–Crippen MR) is 123 cm³/mol. The van der Waals surface area contributed by atoms with E-state index in [0.29, 0.717) is 5.56 Å². The molecule has 3 aromatic carbocycles. The second-order valence-electron chi connectivity index (χ2n) is 7.87. The highest BCUT2D eigenvalue weighted by Gasteiger charge is 2.60. The van der Waals surface area contributed by atoms with Gasteiger partial charge in [-0.1, -0.05) is 54.6 Å². The molecule has 8 heteroatoms. The van der Waals surface area contributed by atoms with E-state index in [1.807, 2.05) is 6.07 Å². The van der Waals surface area contributed by atoms with Crippen molar-refractivity contribution < 1.29 is 19.1 Å². The van der Waals surface area contributed by atoms with Crippen molar-refractivity contribution in [2.24, 2.45) is 0 Å². The van der Waals surface area contributed by atoms with Crippen LogP contribution in [0, 0.1) is 22.7 Å². The first-order chi connectivity index (χ1) is 16.3. The van der Waals surface area contributed by atoms with Gasteiger partial charge in [0.1, 0.15) is 17.6 Å². The van der Waals surface area contributed by atoms with Crippen LogP contribution >= 0.6 is 0 Å². The zero-order valence-corrected chi connectivity index (χ0v) is 18.5. The number of fused-ring (bicyclic) bond motifs is 1. The number of nitriles is 2. The summed E-state index contributed by atoms with van der Waals surface area (Å²) in [6, 6.07) is 27.4. The molecule has 0 saturated heterocycles. The number of carbonyl (C=O) groups is 2. The summed E-state index contributed by atoms with van der Waals surface area (Å²) in [7, 11) is 0. The molecule has 1 heterocycles. The van der Waals surface area contributed by atoms with Crippen molar-refractivity contribution in [2.45, 2.75) is 25.0 Å². The van der Waals surface area contributed by atoms with Gasteiger partial charge in [-0.3, -0.25) is 0 Å². The lowest BCUT2D eigenvalue weighted by atomic mass is 9.83. The number of carbonyl (C=O) groups excluding carboxylic acids is 2. The number of benzene rings is 3. The molecule has 34 heavy (non-hydrogen) atoms. The monoisotopic (exact) mass is 452 g/mol. The first-order valence-corrected chi connectivity index (χ1v) is 10.4. The Morgan fingerprint density at radius 2 is 1.24 bits per heavy atom. The average Bonchev–Trinajstić information content (AvgIpc) is 2.85. The highest BCUT2D eigenvalue weighted by molar-refractivity contribution is 5.95. The lowest BCUT2D eigenvalue weighted by Gasteiger charge is -2.52. The zero-order chi connectivity index (χ0) is 24.3. The minimum absolute atomic E-state index is 0.227. The van der Waals surface area contributed by atoms with Crippen molar-refractivity contribution in [2.75, 3.05) is 4.90 Å². The Kier molecular flexibility index (Phi) is 5.66. The molecular formula is C26H20N4O4. The van der Waals surface area contributed by atoms with Gasteiger partial charge in [0.2, 0.25) is 5.66 Å². The SMILES string of the molecule is CC1(C#N)c2ccccc2N(C(=O)Oc2ccccc2)C(C)(C#N)N1C(=O)Oc1ccccc1. The van der Waals surface area contributed by atoms with Gasteiger partial charge in [0.25, 0.3) is 0 Å². The number of ether oxygens (including phenoxy) is 2. The van der Waals surface area contributed by atoms with Crippen molar-refractivity contribution in [3.05, 3.63) is 90.5 Å². The summed E-state index contributed by atoms with van der Waals surface area (Å²) in [6.45, 7) is 2.88. The maximum atomic E-state index is 13.5. The number of hydrogen-bond acceptors (Lipinski definition) is 6. The Morgan fingerprint density at radius 1 is 0.735 bits per heavy atom. The Balaban J connectivity index is 1.87. The van der Waals surface area contributed by atoms with Crippen molar-refractivity contribution in [3.63, 3.8) is 0 Å². The van der Waals surface area contributed by atoms with E-state index in [-0.39, 0.29) is 17.2 Å². The molecule has 168 valence electrons. The smallest absolute Gasteiger partial charge is 0.410 e. The summed E-state index contributed by atoms with van der Waals surface area (Å²) in [5.74, 6) is 0.489. The number of hydrogen-bond donors (Lipinski definition) is 0. The molecule has 2 unspecified atom stereocenters. The Hall–Kier alpha value is -4.82. The molecule has 0 bridgehead atoms. The fourth-order valence-corrected chi connectivity index (χ4v) is 4.09. The number of nitrogens with zero attached hydrogens (tertiary/aromatic N) is 4. The highest BCUT2D eigenvalue weighted by Crippen LogP contribution is 2.47. The molecule has 0 fully saturated rings. The summed E-state index contributed by atoms with van der Waals surface area (Å²) < 4.78 is 11.0. The van der Waals surface area contributed by atoms with E-state index in [4.69, 9.17) is 9.47 Å². The summed E-state index contributed by atoms with van der Waals surface area (Å²) in [5.41, 5.74) is -2.96. The third kappa shape index (κ3) is 3.58. The van der Waals surface area contributed by atoms with Crippen LogP contribution in [0.3, 0.4) is 0 Å². The third-order valence-electron chi connectivity index (χ3n) is 5.68. The van der Waals surface area contributed by atoms with E-state index in [1.165, 1.54) is 13.8 Å². The quantitative estimate of drug-likeness (QED) is 0.530. The molecular weight excluding hydrogens is 432 g/mol. The normalized spacial score (nSPS) is 20.9.